The van der Waals surface area contributed by atoms with Crippen LogP contribution in [-0.2, 0) is 6.42 Å². The third-order valence-electron chi connectivity index (χ3n) is 5.66. The van der Waals surface area contributed by atoms with E-state index in [0.717, 1.165) is 58.2 Å². The van der Waals surface area contributed by atoms with E-state index in [-0.39, 0.29) is 18.3 Å². The zero-order valence-corrected chi connectivity index (χ0v) is 16.4. The highest BCUT2D eigenvalue weighted by Gasteiger charge is 2.31. The molecule has 2 saturated heterocycles. The fourth-order valence-corrected chi connectivity index (χ4v) is 4.15. The van der Waals surface area contributed by atoms with Crippen LogP contribution in [0.3, 0.4) is 0 Å². The van der Waals surface area contributed by atoms with Gasteiger partial charge in [-0.25, -0.2) is 4.68 Å². The highest BCUT2D eigenvalue weighted by atomic mass is 35.5. The average molecular weight is 390 g/mol. The summed E-state index contributed by atoms with van der Waals surface area (Å²) in [6, 6.07) is 11.2. The standard InChI is InChI=1S/C20H27N5O.ClH/c26-20(19-15-25(23-22-19)18-10-12-21-13-11-18)24-14-4-7-17(24)9-8-16-5-2-1-3-6-16;/h1-3,5-6,15,17-18,21H,4,7-14H2;1H. The van der Waals surface area contributed by atoms with Gasteiger partial charge in [-0.1, -0.05) is 35.5 Å². The molecule has 146 valence electrons. The number of aromatic nitrogens is 3. The Bertz CT molecular complexity index is 729. The summed E-state index contributed by atoms with van der Waals surface area (Å²) in [4.78, 5) is 15.0. The first-order valence-corrected chi connectivity index (χ1v) is 9.79. The van der Waals surface area contributed by atoms with Crippen molar-refractivity contribution in [3.63, 3.8) is 0 Å². The molecule has 1 atom stereocenters. The Kier molecular flexibility index (Phi) is 6.85. The van der Waals surface area contributed by atoms with Crippen molar-refractivity contribution < 1.29 is 4.79 Å². The monoisotopic (exact) mass is 389 g/mol. The van der Waals surface area contributed by atoms with Crippen LogP contribution in [0.2, 0.25) is 0 Å². The van der Waals surface area contributed by atoms with E-state index in [1.807, 2.05) is 21.8 Å². The molecule has 0 radical (unpaired) electrons. The maximum absolute atomic E-state index is 13.0. The van der Waals surface area contributed by atoms with Crippen molar-refractivity contribution in [2.75, 3.05) is 19.6 Å². The molecule has 1 aromatic carbocycles. The quantitative estimate of drug-likeness (QED) is 0.854. The van der Waals surface area contributed by atoms with E-state index in [1.54, 1.807) is 0 Å². The molecule has 2 aromatic rings. The maximum atomic E-state index is 13.0. The summed E-state index contributed by atoms with van der Waals surface area (Å²) < 4.78 is 1.89. The Labute approximate surface area is 166 Å². The van der Waals surface area contributed by atoms with Crippen LogP contribution in [0.5, 0.6) is 0 Å². The first-order valence-electron chi connectivity index (χ1n) is 9.79. The molecule has 3 heterocycles. The first kappa shape index (κ1) is 19.8. The number of halogens is 1. The fourth-order valence-electron chi connectivity index (χ4n) is 4.15. The summed E-state index contributed by atoms with van der Waals surface area (Å²) in [5.41, 5.74) is 1.83. The summed E-state index contributed by atoms with van der Waals surface area (Å²) >= 11 is 0. The molecule has 2 aliphatic heterocycles. The van der Waals surface area contributed by atoms with Crippen LogP contribution in [0.1, 0.15) is 54.2 Å². The average Bonchev–Trinajstić information content (AvgIpc) is 3.37. The number of hydrogen-bond donors (Lipinski definition) is 1. The van der Waals surface area contributed by atoms with Crippen LogP contribution >= 0.6 is 12.4 Å². The van der Waals surface area contributed by atoms with Crippen molar-refractivity contribution in [3.05, 3.63) is 47.8 Å². The van der Waals surface area contributed by atoms with E-state index in [1.165, 1.54) is 5.56 Å². The Morgan fingerprint density at radius 2 is 1.93 bits per heavy atom. The molecule has 1 amide bonds. The first-order chi connectivity index (χ1) is 12.8. The molecule has 0 spiro atoms. The summed E-state index contributed by atoms with van der Waals surface area (Å²) in [6.45, 7) is 2.83. The molecule has 0 bridgehead atoms. The van der Waals surface area contributed by atoms with Crippen LogP contribution in [0, 0.1) is 0 Å². The van der Waals surface area contributed by atoms with Gasteiger partial charge >= 0.3 is 0 Å². The van der Waals surface area contributed by atoms with E-state index < -0.39 is 0 Å². The topological polar surface area (TPSA) is 63.1 Å². The third kappa shape index (κ3) is 4.68. The van der Waals surface area contributed by atoms with Gasteiger partial charge in [0, 0.05) is 12.6 Å². The zero-order valence-electron chi connectivity index (χ0n) is 15.6. The number of likely N-dealkylation sites (tertiary alicyclic amines) is 1. The second kappa shape index (κ2) is 9.33. The molecule has 2 aliphatic rings. The summed E-state index contributed by atoms with van der Waals surface area (Å²) in [6.07, 6.45) is 8.12. The van der Waals surface area contributed by atoms with Gasteiger partial charge in [-0.15, -0.1) is 17.5 Å². The molecule has 6 nitrogen and oxygen atoms in total. The smallest absolute Gasteiger partial charge is 0.276 e. The van der Waals surface area contributed by atoms with Crippen LogP contribution < -0.4 is 5.32 Å². The van der Waals surface area contributed by atoms with Crippen molar-refractivity contribution in [2.24, 2.45) is 0 Å². The summed E-state index contributed by atoms with van der Waals surface area (Å²) in [5.74, 6) is 0.0424. The molecule has 7 heteroatoms. The summed E-state index contributed by atoms with van der Waals surface area (Å²) in [7, 11) is 0. The van der Waals surface area contributed by atoms with Gasteiger partial charge in [-0.2, -0.15) is 0 Å². The van der Waals surface area contributed by atoms with Gasteiger partial charge in [0.05, 0.1) is 12.2 Å². The molecule has 1 N–H and O–H groups in total. The lowest BCUT2D eigenvalue weighted by atomic mass is 10.0. The lowest BCUT2D eigenvalue weighted by molar-refractivity contribution is 0.0724. The number of benzene rings is 1. The number of nitrogens with one attached hydrogen (secondary N) is 1. The highest BCUT2D eigenvalue weighted by Crippen LogP contribution is 2.24. The zero-order chi connectivity index (χ0) is 17.8. The number of nitrogens with zero attached hydrogens (tertiary/aromatic N) is 4. The molecular formula is C20H28ClN5O. The highest BCUT2D eigenvalue weighted by molar-refractivity contribution is 5.92. The predicted octanol–water partition coefficient (Wildman–Crippen LogP) is 2.86. The van der Waals surface area contributed by atoms with Crippen LogP contribution in [0.15, 0.2) is 36.5 Å². The van der Waals surface area contributed by atoms with Gasteiger partial charge < -0.3 is 10.2 Å². The van der Waals surface area contributed by atoms with Crippen molar-refractivity contribution in [2.45, 2.75) is 50.6 Å². The van der Waals surface area contributed by atoms with Crippen molar-refractivity contribution in [1.82, 2.24) is 25.2 Å². The van der Waals surface area contributed by atoms with E-state index in [2.05, 4.69) is 39.9 Å². The Hall–Kier alpha value is -1.92. The molecule has 0 aliphatic carbocycles. The van der Waals surface area contributed by atoms with Crippen molar-refractivity contribution >= 4 is 18.3 Å². The van der Waals surface area contributed by atoms with Crippen molar-refractivity contribution in [1.29, 1.82) is 0 Å². The molecule has 0 saturated carbocycles. The van der Waals surface area contributed by atoms with Gasteiger partial charge in [-0.3, -0.25) is 4.79 Å². The number of hydrogen-bond acceptors (Lipinski definition) is 4. The Morgan fingerprint density at radius 1 is 1.15 bits per heavy atom. The van der Waals surface area contributed by atoms with Gasteiger partial charge in [0.25, 0.3) is 5.91 Å². The Morgan fingerprint density at radius 3 is 2.70 bits per heavy atom. The molecule has 2 fully saturated rings. The summed E-state index contributed by atoms with van der Waals surface area (Å²) in [5, 5.41) is 11.8. The lowest BCUT2D eigenvalue weighted by Crippen LogP contribution is -2.36. The van der Waals surface area contributed by atoms with Crippen molar-refractivity contribution in [3.8, 4) is 0 Å². The number of carbonyl (C=O) groups is 1. The third-order valence-corrected chi connectivity index (χ3v) is 5.66. The van der Waals surface area contributed by atoms with E-state index in [9.17, 15) is 4.79 Å². The number of carbonyl (C=O) groups excluding carboxylic acids is 1. The van der Waals surface area contributed by atoms with Gasteiger partial charge in [0.1, 0.15) is 0 Å². The van der Waals surface area contributed by atoms with Crippen LogP contribution in [0.25, 0.3) is 0 Å². The molecule has 1 unspecified atom stereocenters. The number of piperidine rings is 1. The SMILES string of the molecule is Cl.O=C(c1cn(C2CCNCC2)nn1)N1CCCC1CCc1ccccc1. The minimum absolute atomic E-state index is 0. The second-order valence-electron chi connectivity index (χ2n) is 7.38. The predicted molar refractivity (Wildman–Crippen MR) is 107 cm³/mol. The van der Waals surface area contributed by atoms with Crippen LogP contribution in [0.4, 0.5) is 0 Å². The Balaban J connectivity index is 0.00000210. The van der Waals surface area contributed by atoms with E-state index in [4.69, 9.17) is 0 Å². The molecular weight excluding hydrogens is 362 g/mol. The molecule has 1 aromatic heterocycles. The lowest BCUT2D eigenvalue weighted by Gasteiger charge is -2.24. The minimum Gasteiger partial charge on any atom is -0.334 e. The fraction of sp³-hybridized carbons (Fsp3) is 0.550. The number of rotatable bonds is 5. The van der Waals surface area contributed by atoms with Gasteiger partial charge in [0.15, 0.2) is 5.69 Å². The molecule has 27 heavy (non-hydrogen) atoms. The normalized spacial score (nSPS) is 20.4. The van der Waals surface area contributed by atoms with Crippen LogP contribution in [-0.4, -0.2) is 51.5 Å². The van der Waals surface area contributed by atoms with Gasteiger partial charge in [0.2, 0.25) is 0 Å². The maximum Gasteiger partial charge on any atom is 0.276 e. The molecule has 4 rings (SSSR count). The largest absolute Gasteiger partial charge is 0.334 e. The number of aryl methyl sites for hydroxylation is 1. The number of amides is 1. The second-order valence-corrected chi connectivity index (χ2v) is 7.38. The minimum atomic E-state index is 0. The van der Waals surface area contributed by atoms with E-state index >= 15 is 0 Å². The van der Waals surface area contributed by atoms with Gasteiger partial charge in [-0.05, 0) is 57.2 Å². The van der Waals surface area contributed by atoms with E-state index in [0.29, 0.717) is 17.8 Å².